The Kier molecular flexibility index (Phi) is 5.95. The highest BCUT2D eigenvalue weighted by Gasteiger charge is 2.13. The topological polar surface area (TPSA) is 101 Å². The average molecular weight is 408 g/mol. The molecule has 3 aromatic rings. The Morgan fingerprint density at radius 3 is 2.57 bits per heavy atom. The lowest BCUT2D eigenvalue weighted by Crippen LogP contribution is -2.27. The number of hydrogen-bond acceptors (Lipinski definition) is 6. The fraction of sp³-hybridized carbons (Fsp3) is 0.294. The zero-order chi connectivity index (χ0) is 20.3. The van der Waals surface area contributed by atoms with E-state index >= 15 is 0 Å². The Bertz CT molecular complexity index is 1120. The van der Waals surface area contributed by atoms with E-state index in [1.807, 2.05) is 19.1 Å². The predicted molar refractivity (Wildman–Crippen MR) is 101 cm³/mol. The molecule has 3 heterocycles. The molecule has 0 fully saturated rings. The third kappa shape index (κ3) is 4.15. The molecule has 0 saturated carbocycles. The van der Waals surface area contributed by atoms with Crippen LogP contribution in [0.5, 0.6) is 0 Å². The highest BCUT2D eigenvalue weighted by molar-refractivity contribution is 7.15. The van der Waals surface area contributed by atoms with Crippen LogP contribution in [-0.2, 0) is 19.6 Å². The first-order valence-corrected chi connectivity index (χ1v) is 9.27. The number of rotatable bonds is 7. The highest BCUT2D eigenvalue weighted by atomic mass is 32.1. The third-order valence-electron chi connectivity index (χ3n) is 4.13. The molecule has 2 N–H and O–H groups in total. The summed E-state index contributed by atoms with van der Waals surface area (Å²) in [5.74, 6) is 0. The molecule has 0 spiro atoms. The van der Waals surface area contributed by atoms with Gasteiger partial charge in [-0.2, -0.15) is 18.1 Å². The molecular weight excluding hydrogens is 390 g/mol. The molecule has 148 valence electrons. The van der Waals surface area contributed by atoms with Gasteiger partial charge in [0.2, 0.25) is 0 Å². The molecule has 0 amide bonds. The normalized spacial score (nSPS) is 11.0. The molecule has 0 unspecified atom stereocenters. The standard InChI is InChI=1S/C17H18F2N6O2S/c1-2-23-8-11(3-6-15(23)26)14-5-4-13(28-14)10-25-17(27)24(21-22-25)9-12(7-20)16(18)19/h3-6,8H,2,7,9-10,20H2,1H3. The van der Waals surface area contributed by atoms with Crippen LogP contribution in [0.2, 0.25) is 0 Å². The lowest BCUT2D eigenvalue weighted by Gasteiger charge is -2.03. The van der Waals surface area contributed by atoms with Gasteiger partial charge in [-0.15, -0.1) is 11.3 Å². The van der Waals surface area contributed by atoms with E-state index in [1.54, 1.807) is 16.8 Å². The molecule has 11 heteroatoms. The molecule has 28 heavy (non-hydrogen) atoms. The molecule has 0 aliphatic rings. The summed E-state index contributed by atoms with van der Waals surface area (Å²) >= 11 is 1.45. The Balaban J connectivity index is 1.80. The summed E-state index contributed by atoms with van der Waals surface area (Å²) in [6.45, 7) is 1.86. The fourth-order valence-electron chi connectivity index (χ4n) is 2.58. The summed E-state index contributed by atoms with van der Waals surface area (Å²) < 4.78 is 29.0. The van der Waals surface area contributed by atoms with Crippen molar-refractivity contribution in [3.05, 3.63) is 67.8 Å². The second-order valence-electron chi connectivity index (χ2n) is 5.95. The molecule has 0 saturated heterocycles. The Hall–Kier alpha value is -2.92. The van der Waals surface area contributed by atoms with Crippen LogP contribution in [0.3, 0.4) is 0 Å². The molecule has 0 atom stereocenters. The van der Waals surface area contributed by atoms with E-state index in [0.29, 0.717) is 6.54 Å². The number of tetrazole rings is 1. The van der Waals surface area contributed by atoms with Gasteiger partial charge < -0.3 is 10.3 Å². The number of hydrogen-bond donors (Lipinski definition) is 1. The monoisotopic (exact) mass is 408 g/mol. The van der Waals surface area contributed by atoms with Gasteiger partial charge in [0, 0.05) is 46.2 Å². The SMILES string of the molecule is CCn1cc(-c2ccc(Cn3nnn(CC(CN)=C(F)F)c3=O)s2)ccc1=O. The maximum absolute atomic E-state index is 12.7. The van der Waals surface area contributed by atoms with Crippen molar-refractivity contribution in [1.29, 1.82) is 0 Å². The minimum atomic E-state index is -1.92. The second-order valence-corrected chi connectivity index (χ2v) is 7.12. The summed E-state index contributed by atoms with van der Waals surface area (Å²) in [6.07, 6.45) is -0.132. The quantitative estimate of drug-likeness (QED) is 0.639. The largest absolute Gasteiger partial charge is 0.364 e. The zero-order valence-corrected chi connectivity index (χ0v) is 15.8. The van der Waals surface area contributed by atoms with Gasteiger partial charge in [-0.1, -0.05) is 0 Å². The van der Waals surface area contributed by atoms with Gasteiger partial charge in [0.25, 0.3) is 11.6 Å². The Morgan fingerprint density at radius 1 is 1.14 bits per heavy atom. The first-order chi connectivity index (χ1) is 13.4. The molecule has 0 aliphatic heterocycles. The number of pyridine rings is 1. The predicted octanol–water partition coefficient (Wildman–Crippen LogP) is 1.51. The molecule has 3 aromatic heterocycles. The smallest absolute Gasteiger partial charge is 0.327 e. The van der Waals surface area contributed by atoms with Gasteiger partial charge in [0.15, 0.2) is 0 Å². The van der Waals surface area contributed by atoms with Crippen LogP contribution in [-0.4, -0.2) is 30.9 Å². The van der Waals surface area contributed by atoms with Crippen molar-refractivity contribution in [3.63, 3.8) is 0 Å². The van der Waals surface area contributed by atoms with Crippen LogP contribution >= 0.6 is 11.3 Å². The van der Waals surface area contributed by atoms with Gasteiger partial charge in [-0.25, -0.2) is 4.79 Å². The number of nitrogens with two attached hydrogens (primary N) is 1. The number of aromatic nitrogens is 5. The van der Waals surface area contributed by atoms with Crippen molar-refractivity contribution in [2.45, 2.75) is 26.6 Å². The summed E-state index contributed by atoms with van der Waals surface area (Å²) in [5, 5.41) is 7.39. The van der Waals surface area contributed by atoms with E-state index in [2.05, 4.69) is 10.4 Å². The number of halogens is 2. The fourth-order valence-corrected chi connectivity index (χ4v) is 3.56. The first kappa shape index (κ1) is 19.8. The summed E-state index contributed by atoms with van der Waals surface area (Å²) in [6, 6.07) is 7.00. The summed E-state index contributed by atoms with van der Waals surface area (Å²) in [5.41, 5.74) is 5.13. The molecule has 3 rings (SSSR count). The minimum absolute atomic E-state index is 0.0678. The van der Waals surface area contributed by atoms with Crippen LogP contribution in [0.1, 0.15) is 11.8 Å². The van der Waals surface area contributed by atoms with Gasteiger partial charge in [-0.05, 0) is 35.5 Å². The molecule has 8 nitrogen and oxygen atoms in total. The number of aryl methyl sites for hydroxylation is 1. The maximum Gasteiger partial charge on any atom is 0.364 e. The van der Waals surface area contributed by atoms with Gasteiger partial charge in [0.1, 0.15) is 0 Å². The first-order valence-electron chi connectivity index (χ1n) is 8.46. The van der Waals surface area contributed by atoms with Crippen molar-refractivity contribution in [1.82, 2.24) is 24.4 Å². The van der Waals surface area contributed by atoms with Gasteiger partial charge >= 0.3 is 5.69 Å². The van der Waals surface area contributed by atoms with Crippen LogP contribution in [0.4, 0.5) is 8.78 Å². The molecular formula is C17H18F2N6O2S. The molecule has 0 aliphatic carbocycles. The zero-order valence-electron chi connectivity index (χ0n) is 15.0. The van der Waals surface area contributed by atoms with E-state index < -0.39 is 18.3 Å². The lowest BCUT2D eigenvalue weighted by molar-refractivity contribution is 0.400. The maximum atomic E-state index is 12.7. The van der Waals surface area contributed by atoms with Crippen LogP contribution in [0.25, 0.3) is 10.4 Å². The van der Waals surface area contributed by atoms with Crippen molar-refractivity contribution in [3.8, 4) is 10.4 Å². The Morgan fingerprint density at radius 2 is 1.89 bits per heavy atom. The van der Waals surface area contributed by atoms with Crippen LogP contribution in [0.15, 0.2) is 51.7 Å². The number of thiophene rings is 1. The van der Waals surface area contributed by atoms with Crippen molar-refractivity contribution in [2.24, 2.45) is 5.73 Å². The van der Waals surface area contributed by atoms with Crippen molar-refractivity contribution < 1.29 is 8.78 Å². The third-order valence-corrected chi connectivity index (χ3v) is 5.25. The van der Waals surface area contributed by atoms with Crippen LogP contribution < -0.4 is 17.0 Å². The van der Waals surface area contributed by atoms with E-state index in [9.17, 15) is 18.4 Å². The molecule has 0 radical (unpaired) electrons. The molecule has 0 bridgehead atoms. The average Bonchev–Trinajstić information content (AvgIpc) is 3.28. The summed E-state index contributed by atoms with van der Waals surface area (Å²) in [4.78, 5) is 25.8. The van der Waals surface area contributed by atoms with Gasteiger partial charge in [0.05, 0.1) is 13.1 Å². The lowest BCUT2D eigenvalue weighted by atomic mass is 10.2. The second kappa shape index (κ2) is 8.40. The van der Waals surface area contributed by atoms with Crippen LogP contribution in [0, 0.1) is 0 Å². The van der Waals surface area contributed by atoms with E-state index in [1.165, 1.54) is 17.4 Å². The molecule has 0 aromatic carbocycles. The van der Waals surface area contributed by atoms with E-state index in [-0.39, 0.29) is 24.2 Å². The van der Waals surface area contributed by atoms with Crippen molar-refractivity contribution in [2.75, 3.05) is 6.54 Å². The Labute approximate surface area is 162 Å². The van der Waals surface area contributed by atoms with Gasteiger partial charge in [-0.3, -0.25) is 4.79 Å². The number of nitrogens with zero attached hydrogens (tertiary/aromatic N) is 5. The van der Waals surface area contributed by atoms with E-state index in [0.717, 1.165) is 24.7 Å². The summed E-state index contributed by atoms with van der Waals surface area (Å²) in [7, 11) is 0. The minimum Gasteiger partial charge on any atom is -0.327 e. The van der Waals surface area contributed by atoms with Crippen molar-refractivity contribution >= 4 is 11.3 Å². The highest BCUT2D eigenvalue weighted by Crippen LogP contribution is 2.27. The van der Waals surface area contributed by atoms with E-state index in [4.69, 9.17) is 5.73 Å².